The maximum absolute atomic E-state index is 12.3. The second-order valence-electron chi connectivity index (χ2n) is 7.22. The number of aromatic nitrogens is 2. The Labute approximate surface area is 225 Å². The van der Waals surface area contributed by atoms with Gasteiger partial charge in [0.05, 0.1) is 36.2 Å². The first-order valence-corrected chi connectivity index (χ1v) is 12.2. The van der Waals surface area contributed by atoms with Gasteiger partial charge >= 0.3 is 6.03 Å². The maximum Gasteiger partial charge on any atom is 0.329 e. The predicted octanol–water partition coefficient (Wildman–Crippen LogP) is 6.59. The van der Waals surface area contributed by atoms with Crippen molar-refractivity contribution in [3.8, 4) is 23.3 Å². The summed E-state index contributed by atoms with van der Waals surface area (Å²) in [5.41, 5.74) is 0. The van der Waals surface area contributed by atoms with E-state index in [9.17, 15) is 4.79 Å². The van der Waals surface area contributed by atoms with Gasteiger partial charge in [0.25, 0.3) is 0 Å². The summed E-state index contributed by atoms with van der Waals surface area (Å²) >= 11 is 18.0. The molecule has 0 atom stereocenters. The van der Waals surface area contributed by atoms with Crippen LogP contribution in [-0.4, -0.2) is 53.9 Å². The topological polar surface area (TPSA) is 89.6 Å². The van der Waals surface area contributed by atoms with Crippen LogP contribution in [0.15, 0.2) is 55.1 Å². The predicted molar refractivity (Wildman–Crippen MR) is 141 cm³/mol. The lowest BCUT2D eigenvalue weighted by Crippen LogP contribution is -2.37. The van der Waals surface area contributed by atoms with Crippen molar-refractivity contribution in [2.24, 2.45) is 0 Å². The summed E-state index contributed by atoms with van der Waals surface area (Å²) in [6, 6.07) is 12.3. The Balaban J connectivity index is 0.000000297. The molecule has 192 valence electrons. The number of hydrogen-bond donors (Lipinski definition) is 0. The fourth-order valence-electron chi connectivity index (χ4n) is 2.92. The van der Waals surface area contributed by atoms with Crippen LogP contribution in [0.5, 0.6) is 17.2 Å². The molecule has 2 aromatic carbocycles. The number of rotatable bonds is 10. The minimum absolute atomic E-state index is 0.152. The number of ether oxygens (including phenoxy) is 3. The van der Waals surface area contributed by atoms with E-state index in [1.54, 1.807) is 36.5 Å². The lowest BCUT2D eigenvalue weighted by atomic mass is 10.3. The molecular weight excluding hydrogens is 527 g/mol. The monoisotopic (exact) mass is 552 g/mol. The number of amides is 1. The van der Waals surface area contributed by atoms with Crippen molar-refractivity contribution in [2.75, 3.05) is 33.4 Å². The van der Waals surface area contributed by atoms with Gasteiger partial charge in [-0.15, -0.1) is 0 Å². The summed E-state index contributed by atoms with van der Waals surface area (Å²) in [5, 5.41) is 9.39. The Bertz CT molecular complexity index is 1100. The van der Waals surface area contributed by atoms with Gasteiger partial charge in [-0.25, -0.2) is 9.78 Å². The van der Waals surface area contributed by atoms with Crippen LogP contribution in [0.2, 0.25) is 15.1 Å². The van der Waals surface area contributed by atoms with Gasteiger partial charge in [-0.2, -0.15) is 5.26 Å². The molecule has 11 heteroatoms. The van der Waals surface area contributed by atoms with E-state index in [-0.39, 0.29) is 12.6 Å². The summed E-state index contributed by atoms with van der Waals surface area (Å²) in [4.78, 5) is 17.9. The zero-order valence-corrected chi connectivity index (χ0v) is 22.3. The molecule has 8 nitrogen and oxygen atoms in total. The average molecular weight is 554 g/mol. The zero-order valence-electron chi connectivity index (χ0n) is 20.0. The molecule has 0 radical (unpaired) electrons. The van der Waals surface area contributed by atoms with Gasteiger partial charge in [-0.1, -0.05) is 41.7 Å². The molecule has 0 unspecified atom stereocenters. The molecule has 36 heavy (non-hydrogen) atoms. The number of methoxy groups -OCH3 is 1. The van der Waals surface area contributed by atoms with Gasteiger partial charge in [-0.05, 0) is 42.8 Å². The van der Waals surface area contributed by atoms with Crippen LogP contribution in [0, 0.1) is 11.3 Å². The smallest absolute Gasteiger partial charge is 0.329 e. The van der Waals surface area contributed by atoms with Gasteiger partial charge in [-0.3, -0.25) is 4.57 Å². The molecule has 0 fully saturated rings. The normalized spacial score (nSPS) is 10.0. The Kier molecular flexibility index (Phi) is 12.8. The van der Waals surface area contributed by atoms with Gasteiger partial charge < -0.3 is 19.1 Å². The highest BCUT2D eigenvalue weighted by Crippen LogP contribution is 2.35. The molecule has 0 bridgehead atoms. The maximum atomic E-state index is 12.3. The van der Waals surface area contributed by atoms with E-state index < -0.39 is 0 Å². The van der Waals surface area contributed by atoms with E-state index in [0.717, 1.165) is 17.9 Å². The molecule has 0 spiro atoms. The third-order valence-corrected chi connectivity index (χ3v) is 5.38. The van der Waals surface area contributed by atoms with Crippen LogP contribution in [-0.2, 0) is 0 Å². The van der Waals surface area contributed by atoms with Gasteiger partial charge in [0, 0.05) is 24.0 Å². The summed E-state index contributed by atoms with van der Waals surface area (Å²) in [6.07, 6.45) is 5.89. The molecule has 0 aliphatic carbocycles. The summed E-state index contributed by atoms with van der Waals surface area (Å²) in [6.45, 7) is 3.72. The second kappa shape index (κ2) is 15.8. The molecule has 3 rings (SSSR count). The number of carbonyl (C=O) groups excluding carboxylic acids is 1. The van der Waals surface area contributed by atoms with Crippen LogP contribution < -0.4 is 14.2 Å². The van der Waals surface area contributed by atoms with Crippen LogP contribution in [0.3, 0.4) is 0 Å². The third-order valence-electron chi connectivity index (χ3n) is 4.60. The number of benzene rings is 2. The lowest BCUT2D eigenvalue weighted by molar-refractivity contribution is 0.184. The summed E-state index contributed by atoms with van der Waals surface area (Å²) < 4.78 is 17.3. The SMILES string of the molecule is CCCN(CCOc1c(Cl)cc(Cl)cc1Cl)C(=O)n1ccnc1.COc1ccc(OCCC#N)cc1. The molecule has 0 aliphatic rings. The number of halogens is 3. The van der Waals surface area contributed by atoms with E-state index in [1.165, 1.54) is 10.9 Å². The minimum atomic E-state index is -0.152. The van der Waals surface area contributed by atoms with Gasteiger partial charge in [0.1, 0.15) is 31.0 Å². The van der Waals surface area contributed by atoms with Crippen molar-refractivity contribution in [3.05, 3.63) is 70.2 Å². The molecule has 1 heterocycles. The van der Waals surface area contributed by atoms with Gasteiger partial charge in [0.15, 0.2) is 5.75 Å². The number of imidazole rings is 1. The highest BCUT2D eigenvalue weighted by molar-refractivity contribution is 6.40. The number of nitrogens with zero attached hydrogens (tertiary/aromatic N) is 4. The van der Waals surface area contributed by atoms with Crippen molar-refractivity contribution in [1.82, 2.24) is 14.5 Å². The number of carbonyl (C=O) groups is 1. The molecule has 0 saturated carbocycles. The Morgan fingerprint density at radius 3 is 2.28 bits per heavy atom. The largest absolute Gasteiger partial charge is 0.497 e. The van der Waals surface area contributed by atoms with E-state index >= 15 is 0 Å². The summed E-state index contributed by atoms with van der Waals surface area (Å²) in [7, 11) is 1.62. The fourth-order valence-corrected chi connectivity index (χ4v) is 3.85. The first kappa shape index (κ1) is 29.1. The highest BCUT2D eigenvalue weighted by atomic mass is 35.5. The van der Waals surface area contributed by atoms with Crippen LogP contribution >= 0.6 is 34.8 Å². The third kappa shape index (κ3) is 9.50. The molecule has 3 aromatic rings. The molecule has 0 N–H and O–H groups in total. The molecule has 0 saturated heterocycles. The Morgan fingerprint density at radius 1 is 1.06 bits per heavy atom. The standard InChI is InChI=1S/C15H16Cl3N3O2.C10H11NO2/c1-2-4-20(15(22)21-5-3-19-10-21)6-7-23-14-12(17)8-11(16)9-13(14)18;1-12-9-3-5-10(6-4-9)13-8-2-7-11/h3,5,8-10H,2,4,6-7H2,1H3;3-6H,2,8H2,1H3. The molecule has 1 amide bonds. The lowest BCUT2D eigenvalue weighted by Gasteiger charge is -2.22. The van der Waals surface area contributed by atoms with Crippen LogP contribution in [0.25, 0.3) is 0 Å². The van der Waals surface area contributed by atoms with Crippen LogP contribution in [0.4, 0.5) is 4.79 Å². The Morgan fingerprint density at radius 2 is 1.72 bits per heavy atom. The van der Waals surface area contributed by atoms with Crippen molar-refractivity contribution in [3.63, 3.8) is 0 Å². The molecule has 1 aromatic heterocycles. The van der Waals surface area contributed by atoms with E-state index in [2.05, 4.69) is 4.98 Å². The van der Waals surface area contributed by atoms with Crippen LogP contribution in [0.1, 0.15) is 19.8 Å². The number of hydrogen-bond acceptors (Lipinski definition) is 6. The first-order chi connectivity index (χ1) is 17.4. The van der Waals surface area contributed by atoms with Crippen molar-refractivity contribution in [1.29, 1.82) is 5.26 Å². The molecule has 0 aliphatic heterocycles. The second-order valence-corrected chi connectivity index (χ2v) is 8.47. The minimum Gasteiger partial charge on any atom is -0.497 e. The zero-order chi connectivity index (χ0) is 26.3. The highest BCUT2D eigenvalue weighted by Gasteiger charge is 2.15. The molecular formula is C25H27Cl3N4O4. The van der Waals surface area contributed by atoms with E-state index in [0.29, 0.717) is 46.9 Å². The van der Waals surface area contributed by atoms with E-state index in [4.69, 9.17) is 54.3 Å². The average Bonchev–Trinajstić information content (AvgIpc) is 3.41. The Hall–Kier alpha value is -3.12. The van der Waals surface area contributed by atoms with Gasteiger partial charge in [0.2, 0.25) is 0 Å². The summed E-state index contributed by atoms with van der Waals surface area (Å²) in [5.74, 6) is 1.92. The quantitative estimate of drug-likeness (QED) is 0.263. The first-order valence-electron chi connectivity index (χ1n) is 11.1. The number of nitriles is 1. The fraction of sp³-hybridized carbons (Fsp3) is 0.320. The van der Waals surface area contributed by atoms with E-state index in [1.807, 2.05) is 37.3 Å². The van der Waals surface area contributed by atoms with Crippen molar-refractivity contribution >= 4 is 40.8 Å². The van der Waals surface area contributed by atoms with Crippen molar-refractivity contribution < 1.29 is 19.0 Å². The van der Waals surface area contributed by atoms with Crippen molar-refractivity contribution in [2.45, 2.75) is 19.8 Å².